The summed E-state index contributed by atoms with van der Waals surface area (Å²) in [6, 6.07) is 16.0. The molecule has 0 saturated heterocycles. The average molecular weight is 437 g/mol. The van der Waals surface area contributed by atoms with Crippen LogP contribution < -0.4 is 10.2 Å². The molecule has 0 aliphatic carbocycles. The van der Waals surface area contributed by atoms with Crippen molar-refractivity contribution < 1.29 is 9.59 Å². The standard InChI is InChI=1S/C24H28N4O2S/c1-16-13-17-9-5-7-11-19(17)28(16)22(30)14-27-20-12-8-6-10-18(20)25-23(27)31-15-21(29)26-24(2,3)4/h5-12,16H,13-15H2,1-4H3,(H,26,29)/t16-/m1/s1. The fourth-order valence-corrected chi connectivity index (χ4v) is 4.87. The first-order valence-corrected chi connectivity index (χ1v) is 11.5. The van der Waals surface area contributed by atoms with E-state index in [0.29, 0.717) is 5.16 Å². The van der Waals surface area contributed by atoms with E-state index in [-0.39, 0.29) is 35.7 Å². The molecule has 162 valence electrons. The van der Waals surface area contributed by atoms with Crippen LogP contribution in [0.1, 0.15) is 33.3 Å². The third kappa shape index (κ3) is 4.61. The number of thioether (sulfide) groups is 1. The van der Waals surface area contributed by atoms with Gasteiger partial charge in [-0.25, -0.2) is 4.98 Å². The highest BCUT2D eigenvalue weighted by Crippen LogP contribution is 2.33. The number of aromatic nitrogens is 2. The number of nitrogens with zero attached hydrogens (tertiary/aromatic N) is 3. The van der Waals surface area contributed by atoms with Gasteiger partial charge in [-0.05, 0) is 57.9 Å². The van der Waals surface area contributed by atoms with Crippen molar-refractivity contribution in [3.63, 3.8) is 0 Å². The summed E-state index contributed by atoms with van der Waals surface area (Å²) in [7, 11) is 0. The van der Waals surface area contributed by atoms with Gasteiger partial charge in [-0.1, -0.05) is 42.1 Å². The van der Waals surface area contributed by atoms with Crippen LogP contribution in [0, 0.1) is 0 Å². The largest absolute Gasteiger partial charge is 0.351 e. The molecule has 0 radical (unpaired) electrons. The highest BCUT2D eigenvalue weighted by atomic mass is 32.2. The molecule has 2 heterocycles. The van der Waals surface area contributed by atoms with E-state index in [1.165, 1.54) is 17.3 Å². The predicted molar refractivity (Wildman–Crippen MR) is 125 cm³/mol. The van der Waals surface area contributed by atoms with E-state index in [2.05, 4.69) is 18.3 Å². The molecule has 1 aromatic heterocycles. The van der Waals surface area contributed by atoms with E-state index in [9.17, 15) is 9.59 Å². The zero-order valence-electron chi connectivity index (χ0n) is 18.4. The molecule has 1 aliphatic rings. The zero-order valence-corrected chi connectivity index (χ0v) is 19.2. The number of imidazole rings is 1. The Morgan fingerprint density at radius 2 is 1.84 bits per heavy atom. The Balaban J connectivity index is 1.59. The van der Waals surface area contributed by atoms with Crippen molar-refractivity contribution in [1.82, 2.24) is 14.9 Å². The summed E-state index contributed by atoms with van der Waals surface area (Å²) in [5.41, 5.74) is 3.63. The molecule has 4 rings (SSSR count). The summed E-state index contributed by atoms with van der Waals surface area (Å²) < 4.78 is 1.93. The molecule has 1 aliphatic heterocycles. The Kier molecular flexibility index (Phi) is 5.79. The number of fused-ring (bicyclic) bond motifs is 2. The molecular formula is C24H28N4O2S. The molecule has 2 amide bonds. The summed E-state index contributed by atoms with van der Waals surface area (Å²) in [6.45, 7) is 8.13. The molecule has 1 N–H and O–H groups in total. The number of benzene rings is 2. The van der Waals surface area contributed by atoms with E-state index in [4.69, 9.17) is 4.98 Å². The normalized spacial score (nSPS) is 15.9. The van der Waals surface area contributed by atoms with Crippen LogP contribution in [0.2, 0.25) is 0 Å². The fraction of sp³-hybridized carbons (Fsp3) is 0.375. The first-order valence-electron chi connectivity index (χ1n) is 10.5. The Hall–Kier alpha value is -2.80. The number of hydrogen-bond acceptors (Lipinski definition) is 4. The van der Waals surface area contributed by atoms with Crippen LogP contribution in [0.3, 0.4) is 0 Å². The number of rotatable bonds is 5. The summed E-state index contributed by atoms with van der Waals surface area (Å²) in [5.74, 6) is 0.226. The lowest BCUT2D eigenvalue weighted by atomic mass is 10.1. The van der Waals surface area contributed by atoms with Crippen LogP contribution in [-0.2, 0) is 22.6 Å². The van der Waals surface area contributed by atoms with Crippen molar-refractivity contribution in [2.45, 2.75) is 57.4 Å². The Morgan fingerprint density at radius 1 is 1.13 bits per heavy atom. The van der Waals surface area contributed by atoms with Crippen molar-refractivity contribution in [2.75, 3.05) is 10.7 Å². The number of carbonyl (C=O) groups excluding carboxylic acids is 2. The minimum atomic E-state index is -0.285. The van der Waals surface area contributed by atoms with Gasteiger partial charge in [0.2, 0.25) is 11.8 Å². The molecule has 6 nitrogen and oxygen atoms in total. The zero-order chi connectivity index (χ0) is 22.2. The second-order valence-corrected chi connectivity index (χ2v) is 9.94. The molecular weight excluding hydrogens is 408 g/mol. The SMILES string of the molecule is C[C@@H]1Cc2ccccc2N1C(=O)Cn1c(SCC(=O)NC(C)(C)C)nc2ccccc21. The van der Waals surface area contributed by atoms with E-state index in [1.807, 2.05) is 72.7 Å². The van der Waals surface area contributed by atoms with Gasteiger partial charge in [0.25, 0.3) is 0 Å². The quantitative estimate of drug-likeness (QED) is 0.614. The van der Waals surface area contributed by atoms with Crippen LogP contribution in [0.25, 0.3) is 11.0 Å². The van der Waals surface area contributed by atoms with E-state index >= 15 is 0 Å². The van der Waals surface area contributed by atoms with Gasteiger partial charge >= 0.3 is 0 Å². The fourth-order valence-electron chi connectivity index (χ4n) is 4.06. The third-order valence-electron chi connectivity index (χ3n) is 5.24. The number of anilines is 1. The Labute approximate surface area is 187 Å². The van der Waals surface area contributed by atoms with Gasteiger partial charge in [-0.15, -0.1) is 0 Å². The highest BCUT2D eigenvalue weighted by Gasteiger charge is 2.31. The Bertz CT molecular complexity index is 1130. The average Bonchev–Trinajstić information content (AvgIpc) is 3.22. The summed E-state index contributed by atoms with van der Waals surface area (Å²) in [4.78, 5) is 32.3. The van der Waals surface area contributed by atoms with Gasteiger partial charge in [0.05, 0.1) is 16.8 Å². The van der Waals surface area contributed by atoms with Crippen molar-refractivity contribution in [1.29, 1.82) is 0 Å². The monoisotopic (exact) mass is 436 g/mol. The van der Waals surface area contributed by atoms with Crippen LogP contribution in [0.5, 0.6) is 0 Å². The lowest BCUT2D eigenvalue weighted by Crippen LogP contribution is -2.41. The summed E-state index contributed by atoms with van der Waals surface area (Å²) in [5, 5.41) is 3.65. The van der Waals surface area contributed by atoms with Crippen molar-refractivity contribution in [3.05, 3.63) is 54.1 Å². The number of para-hydroxylation sites is 3. The summed E-state index contributed by atoms with van der Waals surface area (Å²) >= 11 is 1.36. The molecule has 0 spiro atoms. The summed E-state index contributed by atoms with van der Waals surface area (Å²) in [6.07, 6.45) is 0.862. The van der Waals surface area contributed by atoms with Crippen LogP contribution >= 0.6 is 11.8 Å². The molecule has 0 unspecified atom stereocenters. The van der Waals surface area contributed by atoms with Gasteiger partial charge in [-0.3, -0.25) is 9.59 Å². The third-order valence-corrected chi connectivity index (χ3v) is 6.21. The number of nitrogens with one attached hydrogen (secondary N) is 1. The first kappa shape index (κ1) is 21.4. The van der Waals surface area contributed by atoms with E-state index < -0.39 is 0 Å². The highest BCUT2D eigenvalue weighted by molar-refractivity contribution is 7.99. The second-order valence-electron chi connectivity index (χ2n) is 9.00. The van der Waals surface area contributed by atoms with Crippen molar-refractivity contribution >= 4 is 40.3 Å². The second kappa shape index (κ2) is 8.38. The lowest BCUT2D eigenvalue weighted by molar-refractivity contribution is -0.120. The Morgan fingerprint density at radius 3 is 2.61 bits per heavy atom. The lowest BCUT2D eigenvalue weighted by Gasteiger charge is -2.23. The van der Waals surface area contributed by atoms with Gasteiger partial charge in [-0.2, -0.15) is 0 Å². The molecule has 3 aromatic rings. The van der Waals surface area contributed by atoms with Crippen molar-refractivity contribution in [3.8, 4) is 0 Å². The number of amides is 2. The minimum Gasteiger partial charge on any atom is -0.351 e. The maximum absolute atomic E-state index is 13.4. The molecule has 0 bridgehead atoms. The predicted octanol–water partition coefficient (Wildman–Crippen LogP) is 4.02. The van der Waals surface area contributed by atoms with Crippen LogP contribution in [-0.4, -0.2) is 38.7 Å². The molecule has 0 saturated carbocycles. The molecule has 31 heavy (non-hydrogen) atoms. The maximum Gasteiger partial charge on any atom is 0.247 e. The van der Waals surface area contributed by atoms with Gasteiger partial charge in [0.15, 0.2) is 5.16 Å². The molecule has 7 heteroatoms. The van der Waals surface area contributed by atoms with Crippen LogP contribution in [0.4, 0.5) is 5.69 Å². The van der Waals surface area contributed by atoms with Gasteiger partial charge in [0, 0.05) is 17.3 Å². The molecule has 1 atom stereocenters. The topological polar surface area (TPSA) is 67.2 Å². The minimum absolute atomic E-state index is 0.0293. The molecule has 0 fully saturated rings. The van der Waals surface area contributed by atoms with E-state index in [1.54, 1.807) is 0 Å². The van der Waals surface area contributed by atoms with Gasteiger partial charge < -0.3 is 14.8 Å². The number of hydrogen-bond donors (Lipinski definition) is 1. The van der Waals surface area contributed by atoms with Crippen LogP contribution in [0.15, 0.2) is 53.7 Å². The van der Waals surface area contributed by atoms with Gasteiger partial charge in [0.1, 0.15) is 6.54 Å². The maximum atomic E-state index is 13.4. The smallest absolute Gasteiger partial charge is 0.247 e. The first-order chi connectivity index (χ1) is 14.7. The van der Waals surface area contributed by atoms with Crippen molar-refractivity contribution in [2.24, 2.45) is 0 Å². The molecule has 2 aromatic carbocycles. The number of carbonyl (C=O) groups is 2. The van der Waals surface area contributed by atoms with E-state index in [0.717, 1.165) is 23.1 Å².